The van der Waals surface area contributed by atoms with Crippen molar-refractivity contribution in [1.82, 2.24) is 15.1 Å². The van der Waals surface area contributed by atoms with Gasteiger partial charge in [-0.15, -0.1) is 0 Å². The predicted octanol–water partition coefficient (Wildman–Crippen LogP) is 5.85. The molecule has 2 aliphatic heterocycles. The first kappa shape index (κ1) is 30.0. The molecule has 2 aromatic rings. The maximum Gasteiger partial charge on any atom is 0.416 e. The first-order valence-electron chi connectivity index (χ1n) is 13.7. The van der Waals surface area contributed by atoms with Gasteiger partial charge in [-0.2, -0.15) is 13.2 Å². The van der Waals surface area contributed by atoms with Crippen LogP contribution < -0.4 is 5.32 Å². The molecule has 40 heavy (non-hydrogen) atoms. The number of hydrogen-bond donors (Lipinski definition) is 1. The lowest BCUT2D eigenvalue weighted by Gasteiger charge is -2.44. The molecule has 4 rings (SSSR count). The molecule has 2 aromatic carbocycles. The van der Waals surface area contributed by atoms with Gasteiger partial charge < -0.3 is 10.2 Å². The summed E-state index contributed by atoms with van der Waals surface area (Å²) < 4.78 is 67.4. The van der Waals surface area contributed by atoms with Crippen LogP contribution in [0.2, 0.25) is 0 Å². The Morgan fingerprint density at radius 2 is 1.60 bits per heavy atom. The first-order valence-corrected chi connectivity index (χ1v) is 13.7. The minimum absolute atomic E-state index is 0.101. The molecule has 0 aliphatic carbocycles. The minimum atomic E-state index is -4.74. The summed E-state index contributed by atoms with van der Waals surface area (Å²) in [6.07, 6.45) is -3.31. The molecule has 5 nitrogen and oxygen atoms in total. The van der Waals surface area contributed by atoms with Gasteiger partial charge in [0, 0.05) is 38.1 Å². The van der Waals surface area contributed by atoms with E-state index in [0.29, 0.717) is 50.2 Å². The monoisotopic (exact) mass is 565 g/mol. The SMILES string of the molecule is CC(C)[C@@H](NC(=O)c1cc(C(F)(F)F)ccc1F)C(=O)N1CCC2(CC1)CN(C(C)C)CC2c1ccc(F)cc1. The van der Waals surface area contributed by atoms with Crippen LogP contribution in [0.5, 0.6) is 0 Å². The average molecular weight is 566 g/mol. The summed E-state index contributed by atoms with van der Waals surface area (Å²) in [6.45, 7) is 10.3. The Bertz CT molecular complexity index is 1220. The van der Waals surface area contributed by atoms with E-state index < -0.39 is 35.1 Å². The molecule has 2 amide bonds. The van der Waals surface area contributed by atoms with Crippen LogP contribution in [-0.2, 0) is 11.0 Å². The Labute approximate surface area is 231 Å². The Hall–Kier alpha value is -3.01. The highest BCUT2D eigenvalue weighted by molar-refractivity contribution is 5.98. The number of rotatable bonds is 6. The highest BCUT2D eigenvalue weighted by Crippen LogP contribution is 2.50. The van der Waals surface area contributed by atoms with Crippen LogP contribution in [0.3, 0.4) is 0 Å². The molecule has 1 spiro atoms. The number of amides is 2. The van der Waals surface area contributed by atoms with Gasteiger partial charge in [-0.25, -0.2) is 8.78 Å². The molecule has 2 aliphatic rings. The lowest BCUT2D eigenvalue weighted by molar-refractivity contribution is -0.138. The number of halogens is 5. The van der Waals surface area contributed by atoms with Crippen molar-refractivity contribution < 1.29 is 31.5 Å². The second kappa shape index (κ2) is 11.5. The van der Waals surface area contributed by atoms with Gasteiger partial charge in [0.2, 0.25) is 5.91 Å². The topological polar surface area (TPSA) is 52.7 Å². The number of carbonyl (C=O) groups is 2. The number of nitrogens with zero attached hydrogens (tertiary/aromatic N) is 2. The van der Waals surface area contributed by atoms with Gasteiger partial charge in [-0.1, -0.05) is 26.0 Å². The molecule has 2 atom stereocenters. The average Bonchev–Trinajstić information content (AvgIpc) is 3.26. The molecule has 2 saturated heterocycles. The maximum atomic E-state index is 14.3. The fourth-order valence-corrected chi connectivity index (χ4v) is 6.04. The van der Waals surface area contributed by atoms with E-state index in [1.54, 1.807) is 18.7 Å². The summed E-state index contributed by atoms with van der Waals surface area (Å²) in [7, 11) is 0. The standard InChI is InChI=1S/C30H36F5N3O2/c1-18(2)26(36-27(39)23-15-21(30(33,34)35)7-10-25(23)32)28(40)37-13-11-29(12-14-37)17-38(19(3)4)16-24(29)20-5-8-22(31)9-6-20/h5-10,15,18-19,24,26H,11-14,16-17H2,1-4H3,(H,36,39)/t24?,26-/m1/s1. The molecular weight excluding hydrogens is 529 g/mol. The number of hydrogen-bond acceptors (Lipinski definition) is 3. The molecule has 2 heterocycles. The molecule has 218 valence electrons. The van der Waals surface area contributed by atoms with Crippen LogP contribution in [0.15, 0.2) is 42.5 Å². The van der Waals surface area contributed by atoms with Crippen molar-refractivity contribution in [1.29, 1.82) is 0 Å². The zero-order chi connectivity index (χ0) is 29.4. The van der Waals surface area contributed by atoms with Crippen molar-refractivity contribution in [3.8, 4) is 0 Å². The van der Waals surface area contributed by atoms with E-state index in [9.17, 15) is 31.5 Å². The van der Waals surface area contributed by atoms with Crippen LogP contribution in [0.1, 0.15) is 67.9 Å². The van der Waals surface area contributed by atoms with Crippen LogP contribution in [0.4, 0.5) is 22.0 Å². The van der Waals surface area contributed by atoms with Crippen molar-refractivity contribution in [3.05, 3.63) is 70.8 Å². The fourth-order valence-electron chi connectivity index (χ4n) is 6.04. The summed E-state index contributed by atoms with van der Waals surface area (Å²) in [5, 5.41) is 2.49. The van der Waals surface area contributed by atoms with Crippen LogP contribution in [0, 0.1) is 23.0 Å². The third-order valence-corrected chi connectivity index (χ3v) is 8.51. The molecular formula is C30H36F5N3O2. The number of piperidine rings is 1. The largest absolute Gasteiger partial charge is 0.416 e. The molecule has 1 unspecified atom stereocenters. The van der Waals surface area contributed by atoms with E-state index in [2.05, 4.69) is 24.1 Å². The second-order valence-corrected chi connectivity index (χ2v) is 11.7. The van der Waals surface area contributed by atoms with Gasteiger partial charge in [0.25, 0.3) is 5.91 Å². The van der Waals surface area contributed by atoms with E-state index in [0.717, 1.165) is 18.7 Å². The summed E-state index contributed by atoms with van der Waals surface area (Å²) in [5.74, 6) is -2.99. The summed E-state index contributed by atoms with van der Waals surface area (Å²) in [4.78, 5) is 30.5. The zero-order valence-corrected chi connectivity index (χ0v) is 23.2. The van der Waals surface area contributed by atoms with Crippen molar-refractivity contribution in [2.45, 2.75) is 64.7 Å². The van der Waals surface area contributed by atoms with Gasteiger partial charge in [0.1, 0.15) is 17.7 Å². The highest BCUT2D eigenvalue weighted by Gasteiger charge is 2.50. The number of nitrogens with one attached hydrogen (secondary N) is 1. The molecule has 0 radical (unpaired) electrons. The van der Waals surface area contributed by atoms with Gasteiger partial charge in [-0.05, 0) is 73.9 Å². The Morgan fingerprint density at radius 3 is 2.15 bits per heavy atom. The second-order valence-electron chi connectivity index (χ2n) is 11.7. The summed E-state index contributed by atoms with van der Waals surface area (Å²) in [6, 6.07) is 7.56. The van der Waals surface area contributed by atoms with E-state index in [-0.39, 0.29) is 29.0 Å². The number of benzene rings is 2. The van der Waals surface area contributed by atoms with Crippen molar-refractivity contribution in [3.63, 3.8) is 0 Å². The van der Waals surface area contributed by atoms with Crippen LogP contribution >= 0.6 is 0 Å². The zero-order valence-electron chi connectivity index (χ0n) is 23.2. The lowest BCUT2D eigenvalue weighted by Crippen LogP contribution is -2.55. The Morgan fingerprint density at radius 1 is 0.975 bits per heavy atom. The molecule has 1 N–H and O–H groups in total. The van der Waals surface area contributed by atoms with Gasteiger partial charge >= 0.3 is 6.18 Å². The molecule has 0 aromatic heterocycles. The van der Waals surface area contributed by atoms with E-state index >= 15 is 0 Å². The Kier molecular flexibility index (Phi) is 8.59. The molecule has 2 fully saturated rings. The molecule has 10 heteroatoms. The number of alkyl halides is 3. The fraction of sp³-hybridized carbons (Fsp3) is 0.533. The normalized spacial score (nSPS) is 20.4. The van der Waals surface area contributed by atoms with Gasteiger partial charge in [-0.3, -0.25) is 14.5 Å². The van der Waals surface area contributed by atoms with E-state index in [1.165, 1.54) is 12.1 Å². The van der Waals surface area contributed by atoms with E-state index in [4.69, 9.17) is 0 Å². The van der Waals surface area contributed by atoms with E-state index in [1.807, 2.05) is 12.1 Å². The van der Waals surface area contributed by atoms with Crippen LogP contribution in [0.25, 0.3) is 0 Å². The third-order valence-electron chi connectivity index (χ3n) is 8.51. The number of likely N-dealkylation sites (tertiary alicyclic amines) is 2. The molecule has 0 bridgehead atoms. The smallest absolute Gasteiger partial charge is 0.341 e. The van der Waals surface area contributed by atoms with Crippen molar-refractivity contribution >= 4 is 11.8 Å². The van der Waals surface area contributed by atoms with Crippen molar-refractivity contribution in [2.24, 2.45) is 11.3 Å². The van der Waals surface area contributed by atoms with Crippen LogP contribution in [-0.4, -0.2) is 59.9 Å². The third kappa shape index (κ3) is 6.16. The minimum Gasteiger partial charge on any atom is -0.341 e. The van der Waals surface area contributed by atoms with Crippen molar-refractivity contribution in [2.75, 3.05) is 26.2 Å². The number of carbonyl (C=O) groups excluding carboxylic acids is 2. The summed E-state index contributed by atoms with van der Waals surface area (Å²) >= 11 is 0. The molecule has 0 saturated carbocycles. The quantitative estimate of drug-likeness (QED) is 0.447. The lowest BCUT2D eigenvalue weighted by atomic mass is 9.68. The first-order chi connectivity index (χ1) is 18.7. The maximum absolute atomic E-state index is 14.3. The van der Waals surface area contributed by atoms with Gasteiger partial charge in [0.15, 0.2) is 0 Å². The van der Waals surface area contributed by atoms with Gasteiger partial charge in [0.05, 0.1) is 11.1 Å². The highest BCUT2D eigenvalue weighted by atomic mass is 19.4. The predicted molar refractivity (Wildman–Crippen MR) is 142 cm³/mol. The Balaban J connectivity index is 1.49. The summed E-state index contributed by atoms with van der Waals surface area (Å²) in [5.41, 5.74) is -0.931.